The van der Waals surface area contributed by atoms with Gasteiger partial charge in [0.2, 0.25) is 21.8 Å². The van der Waals surface area contributed by atoms with E-state index < -0.39 is 74.3 Å². The van der Waals surface area contributed by atoms with Crippen molar-refractivity contribution in [3.8, 4) is 0 Å². The second-order valence-corrected chi connectivity index (χ2v) is 15.3. The summed E-state index contributed by atoms with van der Waals surface area (Å²) in [4.78, 5) is 54.7. The van der Waals surface area contributed by atoms with Crippen LogP contribution in [0.4, 0.5) is 4.79 Å². The minimum atomic E-state index is -3.86. The van der Waals surface area contributed by atoms with Crippen LogP contribution in [0.1, 0.15) is 79.6 Å². The van der Waals surface area contributed by atoms with Crippen molar-refractivity contribution in [1.82, 2.24) is 20.3 Å². The number of carbonyl (C=O) groups excluding carboxylic acids is 4. The van der Waals surface area contributed by atoms with Crippen molar-refractivity contribution in [3.05, 3.63) is 25.3 Å². The van der Waals surface area contributed by atoms with Crippen molar-refractivity contribution in [2.75, 3.05) is 6.54 Å². The van der Waals surface area contributed by atoms with Crippen molar-refractivity contribution in [2.24, 2.45) is 17.8 Å². The molecule has 43 heavy (non-hydrogen) atoms. The predicted molar refractivity (Wildman–Crippen MR) is 161 cm³/mol. The standard InChI is InChI=1S/C30H48N4O8S/c1-8-18(3)11-10-12-19(4)24(31-28(39)42-29(5,6)7)26(37)34-17-21(35)15-23(34)25(36)32-30(16-20(30)9-2)27(38)33-43(40,41)22-13-14-22/h8-9,18-24,35H,1-2,10-17H2,3-7H3,(H,31,39)(H,32,36)(H,33,38)/t18?,19-,20-,21-,23?,24+,30-/m1/s1. The van der Waals surface area contributed by atoms with Gasteiger partial charge in [-0.3, -0.25) is 19.1 Å². The van der Waals surface area contributed by atoms with E-state index in [1.54, 1.807) is 20.8 Å². The Bertz CT molecular complexity index is 1210. The minimum Gasteiger partial charge on any atom is -0.444 e. The zero-order chi connectivity index (χ0) is 32.3. The molecule has 242 valence electrons. The Labute approximate surface area is 255 Å². The topological polar surface area (TPSA) is 171 Å². The number of carbonyl (C=O) groups is 4. The van der Waals surface area contributed by atoms with Gasteiger partial charge in [-0.2, -0.15) is 0 Å². The zero-order valence-corrected chi connectivity index (χ0v) is 26.7. The van der Waals surface area contributed by atoms with E-state index in [0.717, 1.165) is 12.8 Å². The van der Waals surface area contributed by atoms with Gasteiger partial charge < -0.3 is 25.4 Å². The number of hydrogen-bond acceptors (Lipinski definition) is 8. The molecule has 1 heterocycles. The van der Waals surface area contributed by atoms with E-state index in [0.29, 0.717) is 19.3 Å². The molecule has 2 saturated carbocycles. The predicted octanol–water partition coefficient (Wildman–Crippen LogP) is 2.14. The maximum absolute atomic E-state index is 14.0. The molecule has 12 nitrogen and oxygen atoms in total. The molecule has 0 radical (unpaired) electrons. The largest absolute Gasteiger partial charge is 0.444 e. The molecule has 3 rings (SSSR count). The number of allylic oxidation sites excluding steroid dienone is 1. The van der Waals surface area contributed by atoms with Gasteiger partial charge in [-0.05, 0) is 64.7 Å². The Morgan fingerprint density at radius 2 is 1.79 bits per heavy atom. The Hall–Kier alpha value is -2.93. The second-order valence-electron chi connectivity index (χ2n) is 13.3. The van der Waals surface area contributed by atoms with E-state index >= 15 is 0 Å². The summed E-state index contributed by atoms with van der Waals surface area (Å²) >= 11 is 0. The van der Waals surface area contributed by atoms with Crippen LogP contribution in [-0.2, 0) is 29.1 Å². The fraction of sp³-hybridized carbons (Fsp3) is 0.733. The molecular formula is C30H48N4O8S. The molecule has 0 aromatic heterocycles. The van der Waals surface area contributed by atoms with Gasteiger partial charge in [-0.25, -0.2) is 13.2 Å². The van der Waals surface area contributed by atoms with E-state index in [9.17, 15) is 32.7 Å². The zero-order valence-electron chi connectivity index (χ0n) is 25.9. The van der Waals surface area contributed by atoms with Crippen LogP contribution in [0.2, 0.25) is 0 Å². The molecule has 13 heteroatoms. The maximum Gasteiger partial charge on any atom is 0.408 e. The highest BCUT2D eigenvalue weighted by molar-refractivity contribution is 7.91. The lowest BCUT2D eigenvalue weighted by Gasteiger charge is -2.33. The molecular weight excluding hydrogens is 576 g/mol. The molecule has 4 N–H and O–H groups in total. The van der Waals surface area contributed by atoms with E-state index in [1.807, 2.05) is 19.9 Å². The van der Waals surface area contributed by atoms with Gasteiger partial charge in [0.1, 0.15) is 23.2 Å². The Morgan fingerprint density at radius 3 is 2.33 bits per heavy atom. The van der Waals surface area contributed by atoms with Crippen LogP contribution in [0, 0.1) is 17.8 Å². The molecule has 3 aliphatic rings. The molecule has 0 spiro atoms. The fourth-order valence-electron chi connectivity index (χ4n) is 5.43. The number of ether oxygens (including phenoxy) is 1. The quantitative estimate of drug-likeness (QED) is 0.213. The van der Waals surface area contributed by atoms with Crippen molar-refractivity contribution in [3.63, 3.8) is 0 Å². The van der Waals surface area contributed by atoms with Crippen molar-refractivity contribution >= 4 is 33.8 Å². The average molecular weight is 625 g/mol. The molecule has 0 aromatic rings. The van der Waals surface area contributed by atoms with E-state index in [4.69, 9.17) is 4.74 Å². The highest BCUT2D eigenvalue weighted by atomic mass is 32.2. The first-order valence-electron chi connectivity index (χ1n) is 15.0. The monoisotopic (exact) mass is 624 g/mol. The minimum absolute atomic E-state index is 0.0845. The highest BCUT2D eigenvalue weighted by Gasteiger charge is 2.62. The molecule has 1 saturated heterocycles. The van der Waals surface area contributed by atoms with Crippen molar-refractivity contribution in [1.29, 1.82) is 0 Å². The summed E-state index contributed by atoms with van der Waals surface area (Å²) in [5, 5.41) is 15.3. The van der Waals surface area contributed by atoms with Crippen LogP contribution >= 0.6 is 0 Å². The molecule has 0 bridgehead atoms. The van der Waals surface area contributed by atoms with Crippen LogP contribution in [0.15, 0.2) is 25.3 Å². The van der Waals surface area contributed by atoms with Crippen LogP contribution < -0.4 is 15.4 Å². The summed E-state index contributed by atoms with van der Waals surface area (Å²) in [6, 6.07) is -2.19. The summed E-state index contributed by atoms with van der Waals surface area (Å²) in [5.74, 6) is -2.65. The van der Waals surface area contributed by atoms with Crippen LogP contribution in [0.25, 0.3) is 0 Å². The lowest BCUT2D eigenvalue weighted by atomic mass is 9.92. The first kappa shape index (κ1) is 34.6. The lowest BCUT2D eigenvalue weighted by Crippen LogP contribution is -2.59. The number of nitrogens with one attached hydrogen (secondary N) is 3. The SMILES string of the molecule is C=CC(C)CCC[C@@H](C)[C@H](NC(=O)OC(C)(C)C)C(=O)N1C[C@H](O)CC1C(=O)N[C@]1(C(=O)NS(=O)(=O)C2CC2)C[C@H]1C=C. The molecule has 4 amide bonds. The van der Waals surface area contributed by atoms with Crippen LogP contribution in [-0.4, -0.2) is 83.4 Å². The van der Waals surface area contributed by atoms with Gasteiger partial charge in [-0.15, -0.1) is 13.2 Å². The summed E-state index contributed by atoms with van der Waals surface area (Å²) in [5.41, 5.74) is -2.33. The average Bonchev–Trinajstić information content (AvgIpc) is 3.82. The number of aliphatic hydroxyl groups is 1. The first-order valence-corrected chi connectivity index (χ1v) is 16.6. The molecule has 1 aliphatic heterocycles. The van der Waals surface area contributed by atoms with Gasteiger partial charge in [-0.1, -0.05) is 32.4 Å². The number of nitrogens with zero attached hydrogens (tertiary/aromatic N) is 1. The highest BCUT2D eigenvalue weighted by Crippen LogP contribution is 2.45. The fourth-order valence-corrected chi connectivity index (χ4v) is 6.80. The Balaban J connectivity index is 1.79. The van der Waals surface area contributed by atoms with Gasteiger partial charge in [0.15, 0.2) is 0 Å². The number of sulfonamides is 1. The van der Waals surface area contributed by atoms with E-state index in [-0.39, 0.29) is 31.2 Å². The maximum atomic E-state index is 14.0. The number of alkyl carbamates (subject to hydrolysis) is 1. The first-order chi connectivity index (χ1) is 19.9. The molecule has 0 aromatic carbocycles. The molecule has 7 atom stereocenters. The van der Waals surface area contributed by atoms with Crippen molar-refractivity contribution in [2.45, 2.75) is 114 Å². The smallest absolute Gasteiger partial charge is 0.408 e. The number of hydrogen-bond donors (Lipinski definition) is 4. The summed E-state index contributed by atoms with van der Waals surface area (Å²) in [6.45, 7) is 16.3. The van der Waals surface area contributed by atoms with Crippen molar-refractivity contribution < 1.29 is 37.4 Å². The lowest BCUT2D eigenvalue weighted by molar-refractivity contribution is -0.142. The third kappa shape index (κ3) is 8.81. The number of β-amino-alcohol motifs (C(OH)–C–C–N with tert-alkyl or cyclic N) is 1. The van der Waals surface area contributed by atoms with Gasteiger partial charge in [0.05, 0.1) is 11.4 Å². The third-order valence-corrected chi connectivity index (χ3v) is 10.2. The normalized spacial score (nSPS) is 27.3. The van der Waals surface area contributed by atoms with Crippen LogP contribution in [0.3, 0.4) is 0 Å². The summed E-state index contributed by atoms with van der Waals surface area (Å²) in [6.07, 6.45) is 4.75. The van der Waals surface area contributed by atoms with E-state index in [2.05, 4.69) is 28.5 Å². The van der Waals surface area contributed by atoms with Gasteiger partial charge in [0, 0.05) is 18.9 Å². The number of aliphatic hydroxyl groups excluding tert-OH is 1. The summed E-state index contributed by atoms with van der Waals surface area (Å²) < 4.78 is 32.4. The molecule has 2 aliphatic carbocycles. The Kier molecular flexibility index (Phi) is 10.7. The number of rotatable bonds is 14. The van der Waals surface area contributed by atoms with Gasteiger partial charge >= 0.3 is 6.09 Å². The van der Waals surface area contributed by atoms with Crippen LogP contribution in [0.5, 0.6) is 0 Å². The van der Waals surface area contributed by atoms with E-state index in [1.165, 1.54) is 11.0 Å². The molecule has 2 unspecified atom stereocenters. The number of likely N-dealkylation sites (tertiary alicyclic amines) is 1. The third-order valence-electron chi connectivity index (χ3n) is 8.34. The summed E-state index contributed by atoms with van der Waals surface area (Å²) in [7, 11) is -3.86. The number of amides is 4. The van der Waals surface area contributed by atoms with Gasteiger partial charge in [0.25, 0.3) is 5.91 Å². The Morgan fingerprint density at radius 1 is 1.14 bits per heavy atom. The second kappa shape index (κ2) is 13.4. The molecule has 3 fully saturated rings.